The van der Waals surface area contributed by atoms with Crippen LogP contribution in [0.2, 0.25) is 0 Å². The van der Waals surface area contributed by atoms with E-state index in [2.05, 4.69) is 76.7 Å². The van der Waals surface area contributed by atoms with E-state index < -0.39 is 46.7 Å². The second-order valence-electron chi connectivity index (χ2n) is 29.0. The number of unbranched alkanes of at least 4 members (excludes halogenated alkanes) is 10. The van der Waals surface area contributed by atoms with Crippen LogP contribution < -0.4 is 0 Å². The fourth-order valence-electron chi connectivity index (χ4n) is 16.6. The van der Waals surface area contributed by atoms with Gasteiger partial charge in [-0.3, -0.25) is 9.59 Å². The maximum absolute atomic E-state index is 15.4. The monoisotopic (exact) mass is 1480 g/mol. The van der Waals surface area contributed by atoms with Crippen molar-refractivity contribution in [3.63, 3.8) is 0 Å². The third-order valence-corrected chi connectivity index (χ3v) is 27.9. The van der Waals surface area contributed by atoms with Crippen LogP contribution in [-0.4, -0.2) is 29.4 Å². The predicted molar refractivity (Wildman–Crippen MR) is 420 cm³/mol. The van der Waals surface area contributed by atoms with Crippen LogP contribution in [0.1, 0.15) is 268 Å². The van der Waals surface area contributed by atoms with Crippen LogP contribution in [0.4, 0.5) is 17.6 Å². The average molecular weight is 1480 g/mol. The maximum Gasteiger partial charge on any atom is 0.194 e. The van der Waals surface area contributed by atoms with Crippen molar-refractivity contribution in [3.05, 3.63) is 107 Å². The number of allylic oxidation sites excluding steroid dienone is 4. The van der Waals surface area contributed by atoms with Gasteiger partial charge in [-0.25, -0.2) is 17.6 Å². The summed E-state index contributed by atoms with van der Waals surface area (Å²) in [7, 11) is 0. The van der Waals surface area contributed by atoms with Gasteiger partial charge in [-0.1, -0.05) is 197 Å². The number of thiophene rings is 4. The van der Waals surface area contributed by atoms with Gasteiger partial charge in [0.05, 0.1) is 74.1 Å². The van der Waals surface area contributed by atoms with Gasteiger partial charge in [0, 0.05) is 67.4 Å². The highest BCUT2D eigenvalue weighted by Crippen LogP contribution is 2.57. The van der Waals surface area contributed by atoms with Gasteiger partial charge in [0.2, 0.25) is 0 Å². The molecule has 0 saturated heterocycles. The normalized spacial score (nSPS) is 15.9. The molecule has 3 aromatic carbocycles. The Morgan fingerprint density at radius 3 is 1.36 bits per heavy atom. The molecule has 0 N–H and O–H groups in total. The highest BCUT2D eigenvalue weighted by atomic mass is 32.1. The van der Waals surface area contributed by atoms with E-state index in [9.17, 15) is 30.6 Å². The lowest BCUT2D eigenvalue weighted by atomic mass is 9.85. The number of ketones is 2. The van der Waals surface area contributed by atoms with Crippen LogP contribution in [0.3, 0.4) is 0 Å². The zero-order chi connectivity index (χ0) is 72.9. The largest absolute Gasteiger partial charge is 0.337 e. The molecular weight excluding hydrogens is 1390 g/mol. The van der Waals surface area contributed by atoms with Gasteiger partial charge in [-0.2, -0.15) is 29.8 Å². The zero-order valence-corrected chi connectivity index (χ0v) is 64.8. The minimum atomic E-state index is -1.35. The van der Waals surface area contributed by atoms with Crippen molar-refractivity contribution in [2.24, 2.45) is 29.6 Å². The molecule has 12 rings (SSSR count). The van der Waals surface area contributed by atoms with Gasteiger partial charge in [0.25, 0.3) is 0 Å². The summed E-state index contributed by atoms with van der Waals surface area (Å²) in [6.45, 7) is 19.4. The molecule has 0 aliphatic heterocycles. The van der Waals surface area contributed by atoms with E-state index in [-0.39, 0.29) is 56.4 Å². The third kappa shape index (κ3) is 14.3. The number of Topliss-reactive ketones (excluding diaryl/α,β-unsaturated/α-hetero) is 2. The summed E-state index contributed by atoms with van der Waals surface area (Å²) in [4.78, 5) is 31.5. The molecule has 0 bridgehead atoms. The summed E-state index contributed by atoms with van der Waals surface area (Å²) in [6, 6.07) is 12.0. The Bertz CT molecular complexity index is 5140. The Labute approximate surface area is 622 Å². The number of hydrogen-bond donors (Lipinski definition) is 0. The number of nitriles is 4. The van der Waals surface area contributed by atoms with Crippen LogP contribution in [0.25, 0.3) is 89.8 Å². The number of nitrogens with zero attached hydrogens (tertiary/aromatic N) is 8. The van der Waals surface area contributed by atoms with Crippen molar-refractivity contribution in [2.45, 2.75) is 241 Å². The van der Waals surface area contributed by atoms with Crippen LogP contribution >= 0.6 is 57.1 Å². The Morgan fingerprint density at radius 2 is 0.913 bits per heavy atom. The number of carbonyl (C=O) groups excluding carboxylic acids is 2. The van der Waals surface area contributed by atoms with Crippen molar-refractivity contribution in [1.82, 2.24) is 17.9 Å². The smallest absolute Gasteiger partial charge is 0.194 e. The summed E-state index contributed by atoms with van der Waals surface area (Å²) in [5.41, 5.74) is 8.19. The molecule has 5 atom stereocenters. The molecule has 2 aliphatic carbocycles. The predicted octanol–water partition coefficient (Wildman–Crippen LogP) is 26.2. The molecule has 0 amide bonds. The molecule has 0 saturated carbocycles. The number of fused-ring (bicyclic) bond motifs is 16. The molecule has 0 spiro atoms. The number of hydrogen-bond acceptors (Lipinski definition) is 13. The van der Waals surface area contributed by atoms with Crippen LogP contribution in [0.5, 0.6) is 0 Å². The van der Waals surface area contributed by atoms with Gasteiger partial charge in [-0.15, -0.1) is 45.3 Å². The first kappa shape index (κ1) is 75.3. The van der Waals surface area contributed by atoms with Crippen LogP contribution in [0, 0.1) is 98.2 Å². The van der Waals surface area contributed by atoms with Crippen LogP contribution in [0.15, 0.2) is 41.0 Å². The minimum absolute atomic E-state index is 0.0109. The van der Waals surface area contributed by atoms with Crippen molar-refractivity contribution < 1.29 is 27.2 Å². The third-order valence-electron chi connectivity index (χ3n) is 22.3. The van der Waals surface area contributed by atoms with E-state index in [4.69, 9.17) is 8.75 Å². The standard InChI is InChI=1S/C84H92F4N8O2S5/c1-9-17-23-25-31-49(29-21-13-5)33-57-65(39-59-67(51(41-89)42-90)53-35-61(85)63(87)37-55(53)77(59)97)99-83-75-81(101-79(57)83)69-71-72(94-103-93-71)70-74(73(69)95(75)45-47(15-7)27-19-11-3)96(46-48(16-8)28-20-12-4)76-82(70)102-80-58(34-50(30-22-14-6)32-26-24-18-10-2)66(100-84(76)80)40-60-68(52(43-91)44-92)54-36-62(86)64(88)38-56(54)78(60)98/h35-40,47-51,67H,9-34,45-46H2,1-8H3/b59-39-,60-40-. The van der Waals surface area contributed by atoms with Crippen molar-refractivity contribution in [1.29, 1.82) is 21.0 Å². The van der Waals surface area contributed by atoms with E-state index in [1.165, 1.54) is 11.7 Å². The molecule has 0 fully saturated rings. The summed E-state index contributed by atoms with van der Waals surface area (Å²) < 4.78 is 83.8. The molecule has 538 valence electrons. The second kappa shape index (κ2) is 33.4. The fourth-order valence-corrected chi connectivity index (χ4v) is 23.0. The molecule has 5 unspecified atom stereocenters. The summed E-state index contributed by atoms with van der Waals surface area (Å²) in [6.07, 6.45) is 30.4. The Kier molecular flexibility index (Phi) is 24.4. The Balaban J connectivity index is 1.20. The summed E-state index contributed by atoms with van der Waals surface area (Å²) in [5.74, 6) is -7.03. The molecule has 19 heteroatoms. The van der Waals surface area contributed by atoms with Crippen molar-refractivity contribution in [3.8, 4) is 24.3 Å². The number of halogens is 4. The summed E-state index contributed by atoms with van der Waals surface area (Å²) in [5, 5.41) is 44.3. The van der Waals surface area contributed by atoms with E-state index in [1.807, 2.05) is 24.3 Å². The Hall–Kier alpha value is -7.36. The molecular formula is C84H92F4N8O2S5. The summed E-state index contributed by atoms with van der Waals surface area (Å²) >= 11 is 8.02. The molecule has 0 radical (unpaired) electrons. The fraction of sp³-hybridized carbons (Fsp3) is 0.500. The van der Waals surface area contributed by atoms with E-state index >= 15 is 17.6 Å². The Morgan fingerprint density at radius 1 is 0.485 bits per heavy atom. The molecule has 103 heavy (non-hydrogen) atoms. The van der Waals surface area contributed by atoms with E-state index in [1.54, 1.807) is 45.3 Å². The van der Waals surface area contributed by atoms with Gasteiger partial charge < -0.3 is 9.13 Å². The molecule has 7 heterocycles. The molecule has 10 nitrogen and oxygen atoms in total. The van der Waals surface area contributed by atoms with Crippen LogP contribution in [-0.2, 0) is 25.9 Å². The first-order valence-electron chi connectivity index (χ1n) is 38.0. The topological polar surface area (TPSA) is 165 Å². The first-order valence-corrected chi connectivity index (χ1v) is 42.0. The van der Waals surface area contributed by atoms with E-state index in [0.717, 1.165) is 278 Å². The number of aromatic nitrogens is 4. The van der Waals surface area contributed by atoms with Gasteiger partial charge in [-0.05, 0) is 108 Å². The highest BCUT2D eigenvalue weighted by molar-refractivity contribution is 7.34. The molecule has 10 aromatic rings. The average Bonchev–Trinajstić information content (AvgIpc) is 1.50. The number of benzene rings is 3. The minimum Gasteiger partial charge on any atom is -0.337 e. The molecule has 2 aliphatic rings. The highest BCUT2D eigenvalue weighted by Gasteiger charge is 2.43. The van der Waals surface area contributed by atoms with Gasteiger partial charge in [0.1, 0.15) is 34.7 Å². The SMILES string of the molecule is CCCCCCC(CCCC)Cc1c(/C=C2\C(=O)c3cc(F)c(F)cc3C2=C(C#N)C#N)sc2c1sc1c3c4nsnc4c4c5sc6c(CC(CCCC)CCCCCC)c(/C=C7\C(=O)c8cc(F)c(F)cc8C7C(C#N)C#N)sc6c5n(CC(CC)CCCC)c4c3n(CC(CC)CCCC)c21. The van der Waals surface area contributed by atoms with Crippen molar-refractivity contribution in [2.75, 3.05) is 0 Å². The molecule has 7 aromatic heterocycles. The maximum atomic E-state index is 15.4. The number of rotatable bonds is 35. The zero-order valence-electron chi connectivity index (χ0n) is 60.7. The number of carbonyl (C=O) groups is 2. The lowest BCUT2D eigenvalue weighted by Gasteiger charge is -2.20. The van der Waals surface area contributed by atoms with Crippen molar-refractivity contribution >= 4 is 158 Å². The quantitative estimate of drug-likeness (QED) is 0.0164. The van der Waals surface area contributed by atoms with Gasteiger partial charge >= 0.3 is 0 Å². The van der Waals surface area contributed by atoms with Gasteiger partial charge in [0.15, 0.2) is 34.8 Å². The lowest BCUT2D eigenvalue weighted by molar-refractivity contribution is 0.103. The first-order chi connectivity index (χ1) is 50.1. The van der Waals surface area contributed by atoms with E-state index in [0.29, 0.717) is 31.3 Å². The second-order valence-corrected chi connectivity index (χ2v) is 33.7. The lowest BCUT2D eigenvalue weighted by Crippen LogP contribution is -2.13.